The van der Waals surface area contributed by atoms with Crippen LogP contribution >= 0.6 is 23.1 Å². The summed E-state index contributed by atoms with van der Waals surface area (Å²) in [5, 5.41) is 0.498. The number of nitrogen functional groups attached to an aromatic ring is 1. The molecular formula is C6H6N2OS2. The summed E-state index contributed by atoms with van der Waals surface area (Å²) in [4.78, 5) is 15.1. The van der Waals surface area contributed by atoms with E-state index in [1.807, 2.05) is 0 Å². The zero-order valence-electron chi connectivity index (χ0n) is 5.66. The molecular weight excluding hydrogens is 180 g/mol. The number of thioether (sulfide) groups is 1. The fourth-order valence-electron chi connectivity index (χ4n) is 0.951. The van der Waals surface area contributed by atoms with E-state index < -0.39 is 0 Å². The molecule has 0 saturated carbocycles. The maximum Gasteiger partial charge on any atom is 0.184 e. The van der Waals surface area contributed by atoms with Gasteiger partial charge in [0.2, 0.25) is 0 Å². The molecule has 1 aromatic heterocycles. The Morgan fingerprint density at radius 1 is 1.55 bits per heavy atom. The molecule has 0 unspecified atom stereocenters. The molecule has 0 radical (unpaired) electrons. The Balaban J connectivity index is 2.52. The fourth-order valence-corrected chi connectivity index (χ4v) is 3.04. The van der Waals surface area contributed by atoms with E-state index in [-0.39, 0.29) is 5.78 Å². The quantitative estimate of drug-likeness (QED) is 0.665. The van der Waals surface area contributed by atoms with Crippen molar-refractivity contribution in [3.8, 4) is 0 Å². The molecule has 3 nitrogen and oxygen atoms in total. The molecule has 0 fully saturated rings. The van der Waals surface area contributed by atoms with E-state index in [1.165, 1.54) is 11.3 Å². The zero-order chi connectivity index (χ0) is 7.84. The highest BCUT2D eigenvalue weighted by molar-refractivity contribution is 8.01. The number of aromatic nitrogens is 1. The largest absolute Gasteiger partial charge is 0.375 e. The minimum atomic E-state index is 0.131. The number of nitrogens with two attached hydrogens (primary N) is 1. The van der Waals surface area contributed by atoms with Crippen molar-refractivity contribution in [1.29, 1.82) is 0 Å². The van der Waals surface area contributed by atoms with Gasteiger partial charge in [0.25, 0.3) is 0 Å². The normalized spacial score (nSPS) is 16.5. The molecule has 58 valence electrons. The second-order valence-electron chi connectivity index (χ2n) is 2.21. The summed E-state index contributed by atoms with van der Waals surface area (Å²) in [7, 11) is 0. The molecule has 2 rings (SSSR count). The molecule has 0 amide bonds. The van der Waals surface area contributed by atoms with E-state index >= 15 is 0 Å². The van der Waals surface area contributed by atoms with Crippen LogP contribution in [0.1, 0.15) is 16.9 Å². The predicted molar refractivity (Wildman–Crippen MR) is 46.2 cm³/mol. The van der Waals surface area contributed by atoms with Crippen molar-refractivity contribution in [3.63, 3.8) is 0 Å². The van der Waals surface area contributed by atoms with Gasteiger partial charge < -0.3 is 5.73 Å². The number of hydrogen-bond acceptors (Lipinski definition) is 5. The number of ketones is 1. The molecule has 0 atom stereocenters. The van der Waals surface area contributed by atoms with Gasteiger partial charge in [0.05, 0.1) is 4.21 Å². The van der Waals surface area contributed by atoms with E-state index in [4.69, 9.17) is 5.73 Å². The van der Waals surface area contributed by atoms with Gasteiger partial charge in [0.15, 0.2) is 10.9 Å². The molecule has 1 aliphatic rings. The SMILES string of the molecule is Nc1nc2c(s1)SCCC2=O. The van der Waals surface area contributed by atoms with Gasteiger partial charge in [-0.25, -0.2) is 4.98 Å². The van der Waals surface area contributed by atoms with Gasteiger partial charge in [-0.2, -0.15) is 0 Å². The lowest BCUT2D eigenvalue weighted by molar-refractivity contribution is 0.0981. The molecule has 2 N–H and O–H groups in total. The predicted octanol–water partition coefficient (Wildman–Crippen LogP) is 1.40. The highest BCUT2D eigenvalue weighted by atomic mass is 32.2. The van der Waals surface area contributed by atoms with Crippen molar-refractivity contribution >= 4 is 34.0 Å². The van der Waals surface area contributed by atoms with Crippen LogP contribution in [0.4, 0.5) is 5.13 Å². The zero-order valence-corrected chi connectivity index (χ0v) is 7.30. The van der Waals surface area contributed by atoms with Crippen LogP contribution < -0.4 is 5.73 Å². The Hall–Kier alpha value is -0.550. The molecule has 0 spiro atoms. The lowest BCUT2D eigenvalue weighted by Crippen LogP contribution is -2.06. The van der Waals surface area contributed by atoms with Crippen molar-refractivity contribution in [2.24, 2.45) is 0 Å². The van der Waals surface area contributed by atoms with Crippen molar-refractivity contribution < 1.29 is 4.79 Å². The number of anilines is 1. The van der Waals surface area contributed by atoms with Crippen LogP contribution in [0.25, 0.3) is 0 Å². The maximum absolute atomic E-state index is 11.2. The van der Waals surface area contributed by atoms with E-state index in [0.29, 0.717) is 17.2 Å². The summed E-state index contributed by atoms with van der Waals surface area (Å²) in [6.45, 7) is 0. The number of thiazole rings is 1. The van der Waals surface area contributed by atoms with Crippen molar-refractivity contribution in [2.75, 3.05) is 11.5 Å². The Labute approximate surface area is 72.0 Å². The third-order valence-corrected chi connectivity index (χ3v) is 3.59. The number of carbonyl (C=O) groups is 1. The minimum absolute atomic E-state index is 0.131. The van der Waals surface area contributed by atoms with Crippen LogP contribution in [0, 0.1) is 0 Å². The minimum Gasteiger partial charge on any atom is -0.375 e. The standard InChI is InChI=1S/C6H6N2OS2/c7-6-8-4-3(9)1-2-10-5(4)11-6/h1-2H2,(H2,7,8). The first-order valence-corrected chi connectivity index (χ1v) is 5.00. The van der Waals surface area contributed by atoms with Crippen LogP contribution in [-0.4, -0.2) is 16.5 Å². The highest BCUT2D eigenvalue weighted by Gasteiger charge is 2.21. The van der Waals surface area contributed by atoms with Crippen LogP contribution in [0.5, 0.6) is 0 Å². The molecule has 0 bridgehead atoms. The summed E-state index contributed by atoms with van der Waals surface area (Å²) in [6.07, 6.45) is 0.598. The van der Waals surface area contributed by atoms with Crippen LogP contribution in [-0.2, 0) is 0 Å². The number of carbonyl (C=O) groups excluding carboxylic acids is 1. The first kappa shape index (κ1) is 7.12. The molecule has 11 heavy (non-hydrogen) atoms. The van der Waals surface area contributed by atoms with Gasteiger partial charge in [-0.05, 0) is 0 Å². The van der Waals surface area contributed by atoms with Crippen molar-refractivity contribution in [2.45, 2.75) is 10.6 Å². The number of fused-ring (bicyclic) bond motifs is 1. The molecule has 1 aliphatic heterocycles. The molecule has 0 saturated heterocycles. The molecule has 0 aliphatic carbocycles. The maximum atomic E-state index is 11.2. The third kappa shape index (κ3) is 1.14. The van der Waals surface area contributed by atoms with Gasteiger partial charge >= 0.3 is 0 Å². The summed E-state index contributed by atoms with van der Waals surface area (Å²) >= 11 is 3.07. The monoisotopic (exact) mass is 186 g/mol. The molecule has 0 aromatic carbocycles. The third-order valence-electron chi connectivity index (χ3n) is 1.44. The summed E-state index contributed by atoms with van der Waals surface area (Å²) in [5.74, 6) is 1.000. The van der Waals surface area contributed by atoms with E-state index in [0.717, 1.165) is 9.96 Å². The van der Waals surface area contributed by atoms with Crippen molar-refractivity contribution in [1.82, 2.24) is 4.98 Å². The fraction of sp³-hybridized carbons (Fsp3) is 0.333. The summed E-state index contributed by atoms with van der Waals surface area (Å²) < 4.78 is 0.985. The molecule has 5 heteroatoms. The van der Waals surface area contributed by atoms with Crippen LogP contribution in [0.3, 0.4) is 0 Å². The number of nitrogens with zero attached hydrogens (tertiary/aromatic N) is 1. The summed E-state index contributed by atoms with van der Waals surface area (Å²) in [5.41, 5.74) is 6.05. The Morgan fingerprint density at radius 3 is 3.09 bits per heavy atom. The summed E-state index contributed by atoms with van der Waals surface area (Å²) in [6, 6.07) is 0. The van der Waals surface area contributed by atoms with Gasteiger partial charge in [0.1, 0.15) is 5.69 Å². The number of rotatable bonds is 0. The average Bonchev–Trinajstić information content (AvgIpc) is 2.31. The van der Waals surface area contributed by atoms with Crippen LogP contribution in [0.15, 0.2) is 4.21 Å². The number of Topliss-reactive ketones (excluding diaryl/α,β-unsaturated/α-hetero) is 1. The lowest BCUT2D eigenvalue weighted by atomic mass is 10.2. The van der Waals surface area contributed by atoms with Gasteiger partial charge in [-0.15, -0.1) is 11.8 Å². The molecule has 1 aromatic rings. The van der Waals surface area contributed by atoms with Crippen molar-refractivity contribution in [3.05, 3.63) is 5.69 Å². The second kappa shape index (κ2) is 2.49. The van der Waals surface area contributed by atoms with E-state index in [2.05, 4.69) is 4.98 Å². The molecule has 2 heterocycles. The highest BCUT2D eigenvalue weighted by Crippen LogP contribution is 2.35. The van der Waals surface area contributed by atoms with Gasteiger partial charge in [0, 0.05) is 12.2 Å². The smallest absolute Gasteiger partial charge is 0.184 e. The Morgan fingerprint density at radius 2 is 2.36 bits per heavy atom. The first-order valence-electron chi connectivity index (χ1n) is 3.19. The first-order chi connectivity index (χ1) is 5.27. The lowest BCUT2D eigenvalue weighted by Gasteiger charge is -2.05. The Bertz CT molecular complexity index is 308. The number of hydrogen-bond donors (Lipinski definition) is 1. The topological polar surface area (TPSA) is 56.0 Å². The Kier molecular flexibility index (Phi) is 1.61. The van der Waals surface area contributed by atoms with Gasteiger partial charge in [-0.1, -0.05) is 11.3 Å². The van der Waals surface area contributed by atoms with Crippen LogP contribution in [0.2, 0.25) is 0 Å². The second-order valence-corrected chi connectivity index (χ2v) is 4.60. The van der Waals surface area contributed by atoms with E-state index in [9.17, 15) is 4.79 Å². The van der Waals surface area contributed by atoms with Gasteiger partial charge in [-0.3, -0.25) is 4.79 Å². The van der Waals surface area contributed by atoms with E-state index in [1.54, 1.807) is 11.8 Å². The average molecular weight is 186 g/mol.